The van der Waals surface area contributed by atoms with Gasteiger partial charge in [0.15, 0.2) is 0 Å². The van der Waals surface area contributed by atoms with Crippen LogP contribution in [0.1, 0.15) is 52.4 Å². The maximum Gasteiger partial charge on any atom is 0.252 e. The van der Waals surface area contributed by atoms with E-state index in [-0.39, 0.29) is 11.8 Å². The molecule has 0 heterocycles. The highest BCUT2D eigenvalue weighted by molar-refractivity contribution is 6.03. The van der Waals surface area contributed by atoms with E-state index in [9.17, 15) is 9.59 Å². The molecule has 0 aliphatic carbocycles. The third kappa shape index (κ3) is 7.91. The van der Waals surface area contributed by atoms with Crippen molar-refractivity contribution in [1.29, 1.82) is 0 Å². The molecule has 0 atom stereocenters. The summed E-state index contributed by atoms with van der Waals surface area (Å²) >= 11 is 0. The van der Waals surface area contributed by atoms with Gasteiger partial charge in [0.1, 0.15) is 0 Å². The van der Waals surface area contributed by atoms with Crippen LogP contribution in [0.3, 0.4) is 0 Å². The van der Waals surface area contributed by atoms with Crippen LogP contribution in [0.15, 0.2) is 12.2 Å². The fourth-order valence-electron chi connectivity index (χ4n) is 1.18. The summed E-state index contributed by atoms with van der Waals surface area (Å²) in [6, 6.07) is 0. The Morgan fingerprint density at radius 1 is 1.13 bits per heavy atom. The lowest BCUT2D eigenvalue weighted by Gasteiger charge is -2.03. The Kier molecular flexibility index (Phi) is 7.60. The Morgan fingerprint density at radius 2 is 1.73 bits per heavy atom. The average Bonchev–Trinajstić information content (AvgIpc) is 2.17. The van der Waals surface area contributed by atoms with Gasteiger partial charge >= 0.3 is 0 Å². The summed E-state index contributed by atoms with van der Waals surface area (Å²) in [7, 11) is 0. The molecule has 86 valence electrons. The normalized spacial score (nSPS) is 9.73. The summed E-state index contributed by atoms with van der Waals surface area (Å²) in [5.74, 6) is -0.562. The standard InChI is InChI=1S/C12H21NO2/c1-4-5-6-7-8-9-11(14)13-12(15)10(2)3/h2,4-9H2,1,3H3,(H,13,14,15). The maximum absolute atomic E-state index is 11.2. The van der Waals surface area contributed by atoms with Gasteiger partial charge in [0.25, 0.3) is 5.91 Å². The molecule has 0 unspecified atom stereocenters. The number of unbranched alkanes of at least 4 members (excludes halogenated alkanes) is 4. The molecule has 0 aliphatic rings. The van der Waals surface area contributed by atoms with Crippen LogP contribution in [-0.2, 0) is 9.59 Å². The molecule has 2 amide bonds. The fourth-order valence-corrected chi connectivity index (χ4v) is 1.18. The molecule has 3 nitrogen and oxygen atoms in total. The van der Waals surface area contributed by atoms with Crippen molar-refractivity contribution in [3.05, 3.63) is 12.2 Å². The minimum absolute atomic E-state index is 0.195. The van der Waals surface area contributed by atoms with E-state index in [1.807, 2.05) is 0 Å². The Hall–Kier alpha value is -1.12. The van der Waals surface area contributed by atoms with E-state index >= 15 is 0 Å². The lowest BCUT2D eigenvalue weighted by Crippen LogP contribution is -2.30. The molecule has 0 radical (unpaired) electrons. The first-order valence-electron chi connectivity index (χ1n) is 5.57. The number of amides is 2. The quantitative estimate of drug-likeness (QED) is 0.519. The summed E-state index contributed by atoms with van der Waals surface area (Å²) in [5, 5.41) is 2.29. The Labute approximate surface area is 91.9 Å². The molecule has 0 spiro atoms. The predicted octanol–water partition coefficient (Wildman–Crippen LogP) is 2.57. The molecular weight excluding hydrogens is 190 g/mol. The zero-order chi connectivity index (χ0) is 11.7. The van der Waals surface area contributed by atoms with Crippen LogP contribution in [0.2, 0.25) is 0 Å². The van der Waals surface area contributed by atoms with Gasteiger partial charge in [0.05, 0.1) is 0 Å². The molecule has 0 aliphatic heterocycles. The lowest BCUT2D eigenvalue weighted by atomic mass is 10.1. The number of hydrogen-bond acceptors (Lipinski definition) is 2. The summed E-state index contributed by atoms with van der Waals surface area (Å²) in [6.45, 7) is 7.20. The van der Waals surface area contributed by atoms with Crippen LogP contribution in [0, 0.1) is 0 Å². The van der Waals surface area contributed by atoms with Crippen molar-refractivity contribution < 1.29 is 9.59 Å². The number of carbonyl (C=O) groups is 2. The number of carbonyl (C=O) groups excluding carboxylic acids is 2. The van der Waals surface area contributed by atoms with Crippen molar-refractivity contribution in [2.45, 2.75) is 52.4 Å². The van der Waals surface area contributed by atoms with E-state index in [4.69, 9.17) is 0 Å². The Balaban J connectivity index is 3.49. The molecular formula is C12H21NO2. The van der Waals surface area contributed by atoms with Crippen LogP contribution in [0.5, 0.6) is 0 Å². The van der Waals surface area contributed by atoms with Crippen LogP contribution in [0.4, 0.5) is 0 Å². The topological polar surface area (TPSA) is 46.2 Å². The van der Waals surface area contributed by atoms with Crippen molar-refractivity contribution in [1.82, 2.24) is 5.32 Å². The number of nitrogens with one attached hydrogen (secondary N) is 1. The van der Waals surface area contributed by atoms with Crippen LogP contribution < -0.4 is 5.32 Å². The molecule has 0 bridgehead atoms. The van der Waals surface area contributed by atoms with E-state index in [0.717, 1.165) is 19.3 Å². The van der Waals surface area contributed by atoms with Gasteiger partial charge in [-0.1, -0.05) is 39.2 Å². The molecule has 0 saturated heterocycles. The molecule has 0 saturated carbocycles. The van der Waals surface area contributed by atoms with Crippen molar-refractivity contribution >= 4 is 11.8 Å². The van der Waals surface area contributed by atoms with Gasteiger partial charge in [0, 0.05) is 12.0 Å². The highest BCUT2D eigenvalue weighted by Gasteiger charge is 2.07. The molecule has 0 aromatic heterocycles. The van der Waals surface area contributed by atoms with Gasteiger partial charge in [-0.05, 0) is 13.3 Å². The van der Waals surface area contributed by atoms with E-state index in [2.05, 4.69) is 18.8 Å². The molecule has 0 fully saturated rings. The second-order valence-electron chi connectivity index (χ2n) is 3.82. The highest BCUT2D eigenvalue weighted by atomic mass is 16.2. The summed E-state index contributed by atoms with van der Waals surface area (Å²) in [5.41, 5.74) is 0.370. The second kappa shape index (κ2) is 8.21. The first-order chi connectivity index (χ1) is 7.07. The first-order valence-corrected chi connectivity index (χ1v) is 5.57. The van der Waals surface area contributed by atoms with E-state index < -0.39 is 0 Å². The Morgan fingerprint density at radius 3 is 2.27 bits per heavy atom. The third-order valence-electron chi connectivity index (χ3n) is 2.15. The van der Waals surface area contributed by atoms with Crippen LogP contribution >= 0.6 is 0 Å². The number of rotatable bonds is 7. The molecule has 3 heteroatoms. The SMILES string of the molecule is C=C(C)C(=O)NC(=O)CCCCCCC. The summed E-state index contributed by atoms with van der Waals surface area (Å²) in [6.07, 6.45) is 5.92. The number of imide groups is 1. The smallest absolute Gasteiger partial charge is 0.252 e. The van der Waals surface area contributed by atoms with Crippen LogP contribution in [-0.4, -0.2) is 11.8 Å². The minimum Gasteiger partial charge on any atom is -0.293 e. The minimum atomic E-state index is -0.367. The van der Waals surface area contributed by atoms with E-state index in [1.54, 1.807) is 6.92 Å². The molecule has 1 N–H and O–H groups in total. The van der Waals surface area contributed by atoms with Gasteiger partial charge in [-0.3, -0.25) is 14.9 Å². The van der Waals surface area contributed by atoms with Gasteiger partial charge in [-0.25, -0.2) is 0 Å². The van der Waals surface area contributed by atoms with E-state index in [1.165, 1.54) is 12.8 Å². The molecule has 0 aromatic carbocycles. The lowest BCUT2D eigenvalue weighted by molar-refractivity contribution is -0.128. The largest absolute Gasteiger partial charge is 0.293 e. The average molecular weight is 211 g/mol. The monoisotopic (exact) mass is 211 g/mol. The summed E-state index contributed by atoms with van der Waals surface area (Å²) in [4.78, 5) is 22.3. The van der Waals surface area contributed by atoms with Gasteiger partial charge in [0.2, 0.25) is 5.91 Å². The molecule has 0 rings (SSSR count). The van der Waals surface area contributed by atoms with Crippen molar-refractivity contribution in [3.8, 4) is 0 Å². The van der Waals surface area contributed by atoms with Crippen molar-refractivity contribution in [2.75, 3.05) is 0 Å². The first kappa shape index (κ1) is 13.9. The van der Waals surface area contributed by atoms with Gasteiger partial charge in [-0.2, -0.15) is 0 Å². The zero-order valence-corrected chi connectivity index (χ0v) is 9.77. The predicted molar refractivity (Wildman–Crippen MR) is 61.3 cm³/mol. The fraction of sp³-hybridized carbons (Fsp3) is 0.667. The molecule has 15 heavy (non-hydrogen) atoms. The van der Waals surface area contributed by atoms with Crippen molar-refractivity contribution in [3.63, 3.8) is 0 Å². The second-order valence-corrected chi connectivity index (χ2v) is 3.82. The number of hydrogen-bond donors (Lipinski definition) is 1. The highest BCUT2D eigenvalue weighted by Crippen LogP contribution is 2.04. The van der Waals surface area contributed by atoms with Crippen LogP contribution in [0.25, 0.3) is 0 Å². The molecule has 0 aromatic rings. The maximum atomic E-state index is 11.2. The van der Waals surface area contributed by atoms with E-state index in [0.29, 0.717) is 12.0 Å². The van der Waals surface area contributed by atoms with Crippen molar-refractivity contribution in [2.24, 2.45) is 0 Å². The zero-order valence-electron chi connectivity index (χ0n) is 9.77. The van der Waals surface area contributed by atoms with Gasteiger partial charge in [-0.15, -0.1) is 0 Å². The third-order valence-corrected chi connectivity index (χ3v) is 2.15. The summed E-state index contributed by atoms with van der Waals surface area (Å²) < 4.78 is 0. The van der Waals surface area contributed by atoms with Gasteiger partial charge < -0.3 is 0 Å². The Bertz CT molecular complexity index is 234.